The van der Waals surface area contributed by atoms with E-state index in [-0.39, 0.29) is 0 Å². The van der Waals surface area contributed by atoms with Crippen molar-refractivity contribution in [3.05, 3.63) is 491 Å². The number of para-hydroxylation sites is 3. The zero-order valence-corrected chi connectivity index (χ0v) is 61.3. The first-order chi connectivity index (χ1) is 55.5. The van der Waals surface area contributed by atoms with Gasteiger partial charge in [-0.3, -0.25) is 0 Å². The van der Waals surface area contributed by atoms with E-state index in [2.05, 4.69) is 439 Å². The molecule has 522 valence electrons. The van der Waals surface area contributed by atoms with Crippen LogP contribution in [0.5, 0.6) is 0 Å². The second-order valence-corrected chi connectivity index (χ2v) is 30.5. The lowest BCUT2D eigenvalue weighted by Gasteiger charge is -2.40. The summed E-state index contributed by atoms with van der Waals surface area (Å²) in [4.78, 5) is 2.53. The Hall–Kier alpha value is -14.4. The molecule has 0 amide bonds. The molecule has 1 aromatic heterocycles. The van der Waals surface area contributed by atoms with Gasteiger partial charge in [-0.05, 0) is 216 Å². The van der Waals surface area contributed by atoms with E-state index >= 15 is 0 Å². The number of hydrogen-bond acceptors (Lipinski definition) is 2. The lowest BCUT2D eigenvalue weighted by Crippen LogP contribution is -2.33. The molecule has 112 heavy (non-hydrogen) atoms. The van der Waals surface area contributed by atoms with E-state index in [4.69, 9.17) is 0 Å². The molecule has 0 fully saturated rings. The molecular formula is C109H71N3. The third-order valence-electron chi connectivity index (χ3n) is 25.1. The second-order valence-electron chi connectivity index (χ2n) is 30.5. The monoisotopic (exact) mass is 1420 g/mol. The highest BCUT2D eigenvalue weighted by molar-refractivity contribution is 6.14. The average molecular weight is 1420 g/mol. The lowest BCUT2D eigenvalue weighted by atomic mass is 9.65. The Kier molecular flexibility index (Phi) is 14.1. The number of nitrogens with zero attached hydrogens (tertiary/aromatic N) is 2. The van der Waals surface area contributed by atoms with Crippen molar-refractivity contribution in [1.29, 1.82) is 0 Å². The first-order valence-corrected chi connectivity index (χ1v) is 39.0. The molecule has 0 saturated carbocycles. The van der Waals surface area contributed by atoms with Gasteiger partial charge in [0.2, 0.25) is 0 Å². The van der Waals surface area contributed by atoms with Gasteiger partial charge in [0.15, 0.2) is 0 Å². The highest BCUT2D eigenvalue weighted by atomic mass is 15.1. The van der Waals surface area contributed by atoms with Gasteiger partial charge in [0.25, 0.3) is 0 Å². The van der Waals surface area contributed by atoms with Gasteiger partial charge in [0, 0.05) is 39.2 Å². The molecule has 0 radical (unpaired) electrons. The summed E-state index contributed by atoms with van der Waals surface area (Å²) in [7, 11) is 0. The molecule has 1 unspecified atom stereocenters. The van der Waals surface area contributed by atoms with Crippen LogP contribution in [0.15, 0.2) is 425 Å². The van der Waals surface area contributed by atoms with Gasteiger partial charge < -0.3 is 14.8 Å². The first kappa shape index (κ1) is 63.7. The molecule has 24 rings (SSSR count). The van der Waals surface area contributed by atoms with Crippen LogP contribution in [-0.2, 0) is 16.2 Å². The minimum atomic E-state index is -0.592. The minimum Gasteiger partial charge on any atom is -0.355 e. The van der Waals surface area contributed by atoms with Gasteiger partial charge in [0.1, 0.15) is 0 Å². The third kappa shape index (κ3) is 9.05. The van der Waals surface area contributed by atoms with Crippen LogP contribution < -0.4 is 10.2 Å². The Labute approximate surface area is 650 Å². The molecule has 2 heterocycles. The van der Waals surface area contributed by atoms with E-state index in [1.165, 1.54) is 171 Å². The van der Waals surface area contributed by atoms with Crippen LogP contribution in [0.3, 0.4) is 0 Å². The van der Waals surface area contributed by atoms with Crippen molar-refractivity contribution < 1.29 is 0 Å². The van der Waals surface area contributed by atoms with E-state index in [9.17, 15) is 0 Å². The molecule has 1 N–H and O–H groups in total. The number of rotatable bonds is 9. The molecule has 20 aromatic rings. The molecule has 3 heteroatoms. The van der Waals surface area contributed by atoms with Gasteiger partial charge in [-0.1, -0.05) is 352 Å². The molecule has 1 aliphatic heterocycles. The first-order valence-electron chi connectivity index (χ1n) is 39.0. The Bertz CT molecular complexity index is 7160. The molecule has 1 spiro atoms. The number of fused-ring (bicyclic) bond motifs is 24. The van der Waals surface area contributed by atoms with Crippen LogP contribution in [0.4, 0.5) is 28.4 Å². The van der Waals surface area contributed by atoms with E-state index in [1.54, 1.807) is 0 Å². The quantitative estimate of drug-likeness (QED) is 0.145. The molecule has 0 bridgehead atoms. The molecule has 19 aromatic carbocycles. The van der Waals surface area contributed by atoms with Crippen LogP contribution in [0, 0.1) is 0 Å². The highest BCUT2D eigenvalue weighted by Crippen LogP contribution is 2.64. The summed E-state index contributed by atoms with van der Waals surface area (Å²) in [6.45, 7) is 0. The maximum atomic E-state index is 3.74. The number of hydrogen-bond donors (Lipinski definition) is 1. The summed E-state index contributed by atoms with van der Waals surface area (Å²) in [5.74, 6) is 0. The van der Waals surface area contributed by atoms with E-state index in [1.807, 2.05) is 0 Å². The van der Waals surface area contributed by atoms with Crippen LogP contribution in [0.1, 0.15) is 66.8 Å². The molecule has 1 atom stereocenters. The van der Waals surface area contributed by atoms with E-state index in [0.717, 1.165) is 28.4 Å². The maximum Gasteiger partial charge on any atom is 0.0755 e. The Morgan fingerprint density at radius 2 is 0.562 bits per heavy atom. The molecule has 3 nitrogen and oxygen atoms in total. The number of anilines is 5. The van der Waals surface area contributed by atoms with Crippen molar-refractivity contribution in [2.75, 3.05) is 10.2 Å². The molecule has 3 aliphatic carbocycles. The average Bonchev–Trinajstić information content (AvgIpc) is 1.49. The smallest absolute Gasteiger partial charge is 0.0755 e. The summed E-state index contributed by atoms with van der Waals surface area (Å²) in [5, 5.41) is 16.3. The topological polar surface area (TPSA) is 20.2 Å². The Morgan fingerprint density at radius 1 is 0.205 bits per heavy atom. The standard InChI is InChI=1S/C70H44N2.C39H27N/c1-3-19-47(20-4-1)69(48-21-5-2-6-22-48)60-28-12-9-24-54(60)56-40-37-50(43-64(56)69)71(49-36-39-53-46(42-49)35-34-45-18-7-8-23-52(45)53)51-38-41-57-55-25-10-13-29-61(55)70(65(57)44-51)62-30-14-16-33-67(62)72-66-32-15-11-26-58(66)59-27-17-31-63(70)68(59)72;1-3-12-29(13-4-1)39(30-14-5-2-6-15-30)37-18-10-9-17-35(37)36-24-22-32(26-38(36)39)40-31-21-23-34-28(25-31)20-19-27-11-7-8-16-33(27)34/h1-44H;1-26,40H. The fourth-order valence-corrected chi connectivity index (χ4v) is 20.6. The van der Waals surface area contributed by atoms with Crippen LogP contribution in [0.2, 0.25) is 0 Å². The van der Waals surface area contributed by atoms with Crippen molar-refractivity contribution in [3.8, 4) is 39.1 Å². The van der Waals surface area contributed by atoms with Gasteiger partial charge in [0.05, 0.1) is 33.0 Å². The van der Waals surface area contributed by atoms with Gasteiger partial charge in [-0.25, -0.2) is 0 Å². The maximum absolute atomic E-state index is 3.74. The van der Waals surface area contributed by atoms with Gasteiger partial charge in [-0.15, -0.1) is 0 Å². The molecule has 4 aliphatic rings. The predicted molar refractivity (Wildman–Crippen MR) is 467 cm³/mol. The minimum absolute atomic E-state index is 0.394. The summed E-state index contributed by atoms with van der Waals surface area (Å²) in [6.07, 6.45) is 0. The third-order valence-corrected chi connectivity index (χ3v) is 25.1. The van der Waals surface area contributed by atoms with Gasteiger partial charge in [-0.2, -0.15) is 0 Å². The zero-order valence-electron chi connectivity index (χ0n) is 61.3. The van der Waals surface area contributed by atoms with Crippen molar-refractivity contribution in [3.63, 3.8) is 0 Å². The van der Waals surface area contributed by atoms with Crippen LogP contribution in [0.25, 0.3) is 104 Å². The van der Waals surface area contributed by atoms with Crippen LogP contribution >= 0.6 is 0 Å². The number of nitrogens with one attached hydrogen (secondary N) is 1. The number of benzene rings is 19. The summed E-state index contributed by atoms with van der Waals surface area (Å²) in [5.41, 5.74) is 30.9. The summed E-state index contributed by atoms with van der Waals surface area (Å²) in [6, 6.07) is 158. The largest absolute Gasteiger partial charge is 0.355 e. The van der Waals surface area contributed by atoms with Crippen molar-refractivity contribution >= 4 is 93.3 Å². The molecule has 0 saturated heterocycles. The Morgan fingerprint density at radius 3 is 1.12 bits per heavy atom. The summed E-state index contributed by atoms with van der Waals surface area (Å²) < 4.78 is 2.53. The van der Waals surface area contributed by atoms with Crippen molar-refractivity contribution in [2.24, 2.45) is 0 Å². The molecular weight excluding hydrogens is 1350 g/mol. The van der Waals surface area contributed by atoms with Crippen LogP contribution in [-0.4, -0.2) is 4.57 Å². The Balaban J connectivity index is 0.000000158. The SMILES string of the molecule is c1ccc(C2(c3ccccc3)c3ccccc3-c3ccc(N(c4ccc5c(c4)C4(c6ccccc6-5)c5ccccc5-n5c6ccccc6c6cccc4c65)c4ccc5c(ccc6ccccc65)c4)cc32)cc1.c1ccc(C2(c3ccccc3)c3ccccc3-c3ccc(Nc4ccc5c(ccc6ccccc65)c4)cc32)cc1. The van der Waals surface area contributed by atoms with Gasteiger partial charge >= 0.3 is 0 Å². The van der Waals surface area contributed by atoms with Crippen molar-refractivity contribution in [2.45, 2.75) is 16.2 Å². The second kappa shape index (κ2) is 24.8. The normalized spacial score (nSPS) is 14.6. The van der Waals surface area contributed by atoms with Crippen molar-refractivity contribution in [1.82, 2.24) is 4.57 Å². The number of aromatic nitrogens is 1. The lowest BCUT2D eigenvalue weighted by molar-refractivity contribution is 0.748. The highest BCUT2D eigenvalue weighted by Gasteiger charge is 2.52. The fourth-order valence-electron chi connectivity index (χ4n) is 20.6. The van der Waals surface area contributed by atoms with E-state index < -0.39 is 16.2 Å². The predicted octanol–water partition coefficient (Wildman–Crippen LogP) is 27.7. The van der Waals surface area contributed by atoms with E-state index in [0.29, 0.717) is 0 Å². The zero-order chi connectivity index (χ0) is 73.6. The summed E-state index contributed by atoms with van der Waals surface area (Å²) >= 11 is 0. The fraction of sp³-hybridized carbons (Fsp3) is 0.0275.